The molecule has 0 fully saturated rings. The third-order valence-corrected chi connectivity index (χ3v) is 5.25. The lowest BCUT2D eigenvalue weighted by Gasteiger charge is -2.15. The molecule has 0 saturated carbocycles. The van der Waals surface area contributed by atoms with Gasteiger partial charge in [0.25, 0.3) is 5.56 Å². The van der Waals surface area contributed by atoms with Crippen molar-refractivity contribution in [2.45, 2.75) is 50.9 Å². The molecule has 0 aliphatic heterocycles. The van der Waals surface area contributed by atoms with E-state index in [1.807, 2.05) is 19.9 Å². The van der Waals surface area contributed by atoms with E-state index in [4.69, 9.17) is 0 Å². The standard InChI is InChI=1S/C19H25N3O4S/c1-4-13(5-2)20-16(23)12-27-19-21-15-9-7-6-8-14(15)18(25)22(19)11-10-17(24)26-3/h6-9,13H,4-5,10-12H2,1-3H3,(H,20,23). The number of carbonyl (C=O) groups is 2. The molecule has 0 atom stereocenters. The number of carbonyl (C=O) groups excluding carboxylic acids is 2. The van der Waals surface area contributed by atoms with E-state index in [2.05, 4.69) is 15.0 Å². The quantitative estimate of drug-likeness (QED) is 0.401. The Kier molecular flexibility index (Phi) is 7.84. The van der Waals surface area contributed by atoms with Gasteiger partial charge >= 0.3 is 5.97 Å². The number of thioether (sulfide) groups is 1. The van der Waals surface area contributed by atoms with E-state index in [0.29, 0.717) is 16.1 Å². The van der Waals surface area contributed by atoms with E-state index < -0.39 is 5.97 Å². The van der Waals surface area contributed by atoms with E-state index in [0.717, 1.165) is 12.8 Å². The maximum absolute atomic E-state index is 12.8. The van der Waals surface area contributed by atoms with Crippen molar-refractivity contribution >= 4 is 34.5 Å². The minimum Gasteiger partial charge on any atom is -0.469 e. The first-order valence-electron chi connectivity index (χ1n) is 8.98. The Balaban J connectivity index is 2.26. The van der Waals surface area contributed by atoms with Gasteiger partial charge in [-0.1, -0.05) is 37.7 Å². The number of hydrogen-bond donors (Lipinski definition) is 1. The van der Waals surface area contributed by atoms with Gasteiger partial charge in [0, 0.05) is 12.6 Å². The molecular formula is C19H25N3O4S. The van der Waals surface area contributed by atoms with Crippen molar-refractivity contribution in [3.63, 3.8) is 0 Å². The summed E-state index contributed by atoms with van der Waals surface area (Å²) in [6.45, 7) is 4.20. The molecule has 146 valence electrons. The zero-order valence-electron chi connectivity index (χ0n) is 15.9. The van der Waals surface area contributed by atoms with Crippen molar-refractivity contribution in [3.8, 4) is 0 Å². The number of benzene rings is 1. The van der Waals surface area contributed by atoms with Crippen molar-refractivity contribution in [3.05, 3.63) is 34.6 Å². The second kappa shape index (κ2) is 10.1. The summed E-state index contributed by atoms with van der Waals surface area (Å²) in [7, 11) is 1.31. The molecule has 2 aromatic rings. The normalized spacial score (nSPS) is 11.0. The van der Waals surface area contributed by atoms with Gasteiger partial charge in [-0.3, -0.25) is 19.0 Å². The van der Waals surface area contributed by atoms with Gasteiger partial charge in [0.15, 0.2) is 5.16 Å². The van der Waals surface area contributed by atoms with Crippen molar-refractivity contribution in [1.82, 2.24) is 14.9 Å². The van der Waals surface area contributed by atoms with Gasteiger partial charge in [0.2, 0.25) is 5.91 Å². The topological polar surface area (TPSA) is 90.3 Å². The molecule has 0 saturated heterocycles. The molecule has 0 aliphatic carbocycles. The molecule has 1 aromatic heterocycles. The Morgan fingerprint density at radius 3 is 2.63 bits per heavy atom. The number of rotatable bonds is 9. The number of para-hydroxylation sites is 1. The summed E-state index contributed by atoms with van der Waals surface area (Å²) in [6, 6.07) is 7.18. The van der Waals surface area contributed by atoms with Gasteiger partial charge in [0.1, 0.15) is 0 Å². The van der Waals surface area contributed by atoms with Crippen molar-refractivity contribution in [2.75, 3.05) is 12.9 Å². The zero-order valence-corrected chi connectivity index (χ0v) is 16.7. The fourth-order valence-corrected chi connectivity index (χ4v) is 3.49. The Bertz CT molecular complexity index is 862. The average molecular weight is 391 g/mol. The van der Waals surface area contributed by atoms with Crippen LogP contribution in [0.25, 0.3) is 10.9 Å². The van der Waals surface area contributed by atoms with Crippen LogP contribution in [0.1, 0.15) is 33.1 Å². The maximum atomic E-state index is 12.8. The second-order valence-electron chi connectivity index (χ2n) is 6.06. The molecule has 0 bridgehead atoms. The molecule has 27 heavy (non-hydrogen) atoms. The van der Waals surface area contributed by atoms with Crippen LogP contribution in [0, 0.1) is 0 Å². The van der Waals surface area contributed by atoms with E-state index in [1.54, 1.807) is 18.2 Å². The minimum absolute atomic E-state index is 0.0595. The number of hydrogen-bond acceptors (Lipinski definition) is 6. The molecule has 0 aliphatic rings. The van der Waals surface area contributed by atoms with E-state index in [9.17, 15) is 14.4 Å². The van der Waals surface area contributed by atoms with Crippen LogP contribution < -0.4 is 10.9 Å². The largest absolute Gasteiger partial charge is 0.469 e. The summed E-state index contributed by atoms with van der Waals surface area (Å²) in [6.07, 6.45) is 1.79. The number of amides is 1. The third-order valence-electron chi connectivity index (χ3n) is 4.28. The first kappa shape index (κ1) is 21.0. The highest BCUT2D eigenvalue weighted by molar-refractivity contribution is 7.99. The number of aromatic nitrogens is 2. The molecule has 0 radical (unpaired) electrons. The summed E-state index contributed by atoms with van der Waals surface area (Å²) in [4.78, 5) is 41.0. The molecule has 0 unspecified atom stereocenters. The molecule has 8 heteroatoms. The maximum Gasteiger partial charge on any atom is 0.307 e. The number of ether oxygens (including phenoxy) is 1. The van der Waals surface area contributed by atoms with Crippen LogP contribution >= 0.6 is 11.8 Å². The van der Waals surface area contributed by atoms with Crippen LogP contribution in [-0.4, -0.2) is 40.3 Å². The highest BCUT2D eigenvalue weighted by Gasteiger charge is 2.15. The van der Waals surface area contributed by atoms with Crippen LogP contribution in [0.4, 0.5) is 0 Å². The Labute approximate surface area is 162 Å². The number of fused-ring (bicyclic) bond motifs is 1. The van der Waals surface area contributed by atoms with Crippen LogP contribution in [0.15, 0.2) is 34.2 Å². The summed E-state index contributed by atoms with van der Waals surface area (Å²) in [5.74, 6) is -0.354. The van der Waals surface area contributed by atoms with Gasteiger partial charge in [-0.15, -0.1) is 0 Å². The molecule has 1 amide bonds. The van der Waals surface area contributed by atoms with E-state index >= 15 is 0 Å². The van der Waals surface area contributed by atoms with Gasteiger partial charge in [-0.25, -0.2) is 4.98 Å². The van der Waals surface area contributed by atoms with Crippen molar-refractivity contribution in [1.29, 1.82) is 0 Å². The molecule has 1 N–H and O–H groups in total. The van der Waals surface area contributed by atoms with Crippen molar-refractivity contribution in [2.24, 2.45) is 0 Å². The lowest BCUT2D eigenvalue weighted by Crippen LogP contribution is -2.35. The third kappa shape index (κ3) is 5.56. The highest BCUT2D eigenvalue weighted by atomic mass is 32.2. The average Bonchev–Trinajstić information content (AvgIpc) is 2.69. The molecular weight excluding hydrogens is 366 g/mol. The Hall–Kier alpha value is -2.35. The zero-order chi connectivity index (χ0) is 19.8. The Morgan fingerprint density at radius 2 is 1.96 bits per heavy atom. The first-order chi connectivity index (χ1) is 13.0. The summed E-state index contributed by atoms with van der Waals surface area (Å²) in [5.41, 5.74) is 0.340. The number of methoxy groups -OCH3 is 1. The van der Waals surface area contributed by atoms with Gasteiger partial charge in [-0.2, -0.15) is 0 Å². The van der Waals surface area contributed by atoms with Crippen LogP contribution in [0.3, 0.4) is 0 Å². The summed E-state index contributed by atoms with van der Waals surface area (Å²) in [5, 5.41) is 3.87. The van der Waals surface area contributed by atoms with Gasteiger partial charge in [-0.05, 0) is 25.0 Å². The van der Waals surface area contributed by atoms with Crippen LogP contribution in [-0.2, 0) is 20.9 Å². The fourth-order valence-electron chi connectivity index (χ4n) is 2.65. The summed E-state index contributed by atoms with van der Waals surface area (Å²) < 4.78 is 6.10. The predicted octanol–water partition coefficient (Wildman–Crippen LogP) is 2.36. The molecule has 1 aromatic carbocycles. The van der Waals surface area contributed by atoms with Crippen LogP contribution in [0.2, 0.25) is 0 Å². The molecule has 0 spiro atoms. The van der Waals surface area contributed by atoms with Crippen molar-refractivity contribution < 1.29 is 14.3 Å². The number of esters is 1. The lowest BCUT2D eigenvalue weighted by atomic mass is 10.2. The predicted molar refractivity (Wildman–Crippen MR) is 106 cm³/mol. The van der Waals surface area contributed by atoms with Crippen LogP contribution in [0.5, 0.6) is 0 Å². The van der Waals surface area contributed by atoms with Gasteiger partial charge < -0.3 is 10.1 Å². The Morgan fingerprint density at radius 1 is 1.26 bits per heavy atom. The van der Waals surface area contributed by atoms with Gasteiger partial charge in [0.05, 0.1) is 30.2 Å². The first-order valence-corrected chi connectivity index (χ1v) is 9.97. The number of nitrogens with zero attached hydrogens (tertiary/aromatic N) is 2. The summed E-state index contributed by atoms with van der Waals surface area (Å²) >= 11 is 1.19. The van der Waals surface area contributed by atoms with E-state index in [1.165, 1.54) is 23.4 Å². The highest BCUT2D eigenvalue weighted by Crippen LogP contribution is 2.18. The number of nitrogens with one attached hydrogen (secondary N) is 1. The smallest absolute Gasteiger partial charge is 0.307 e. The lowest BCUT2D eigenvalue weighted by molar-refractivity contribution is -0.140. The van der Waals surface area contributed by atoms with E-state index in [-0.39, 0.29) is 36.2 Å². The second-order valence-corrected chi connectivity index (χ2v) is 7.01. The minimum atomic E-state index is -0.405. The molecule has 1 heterocycles. The fraction of sp³-hybridized carbons (Fsp3) is 0.474. The molecule has 7 nitrogen and oxygen atoms in total. The molecule has 2 rings (SSSR count). The SMILES string of the molecule is CCC(CC)NC(=O)CSc1nc2ccccc2c(=O)n1CCC(=O)OC. The monoisotopic (exact) mass is 391 g/mol.